The Labute approximate surface area is 125 Å². The van der Waals surface area contributed by atoms with Gasteiger partial charge in [-0.2, -0.15) is 0 Å². The van der Waals surface area contributed by atoms with Crippen molar-refractivity contribution in [1.29, 1.82) is 0 Å². The van der Waals surface area contributed by atoms with Gasteiger partial charge in [0.05, 0.1) is 0 Å². The topological polar surface area (TPSA) is 156 Å². The minimum Gasteiger partial charge on any atom is -0.382 e. The van der Waals surface area contributed by atoms with Gasteiger partial charge < -0.3 is 16.8 Å². The molecular formula is C10H14ClN9O. The fourth-order valence-corrected chi connectivity index (χ4v) is 1.61. The van der Waals surface area contributed by atoms with E-state index in [-0.39, 0.29) is 35.1 Å². The van der Waals surface area contributed by atoms with Gasteiger partial charge in [0.2, 0.25) is 5.96 Å². The molecule has 0 unspecified atom stereocenters. The van der Waals surface area contributed by atoms with Gasteiger partial charge in [0.1, 0.15) is 6.67 Å². The number of rotatable bonds is 2. The zero-order valence-corrected chi connectivity index (χ0v) is 11.9. The summed E-state index contributed by atoms with van der Waals surface area (Å²) >= 11 is 5.73. The highest BCUT2D eigenvalue weighted by Crippen LogP contribution is 2.17. The van der Waals surface area contributed by atoms with E-state index in [0.29, 0.717) is 12.5 Å². The van der Waals surface area contributed by atoms with Crippen LogP contribution in [-0.4, -0.2) is 41.0 Å². The third-order valence-electron chi connectivity index (χ3n) is 2.39. The van der Waals surface area contributed by atoms with Crippen LogP contribution in [0.2, 0.25) is 5.15 Å². The Morgan fingerprint density at radius 1 is 1.29 bits per heavy atom. The van der Waals surface area contributed by atoms with Crippen molar-refractivity contribution >= 4 is 41.1 Å². The lowest BCUT2D eigenvalue weighted by Gasteiger charge is -2.17. The number of halogens is 1. The molecule has 112 valence electrons. The molecule has 0 aromatic carbocycles. The predicted octanol–water partition coefficient (Wildman–Crippen LogP) is -1.09. The highest BCUT2D eigenvalue weighted by atomic mass is 35.5. The molecule has 0 fully saturated rings. The first-order valence-corrected chi connectivity index (χ1v) is 6.38. The minimum absolute atomic E-state index is 0.0413. The number of carbonyl (C=O) groups excluding carboxylic acids is 1. The number of nitrogens with two attached hydrogens (primary N) is 2. The predicted molar refractivity (Wildman–Crippen MR) is 79.9 cm³/mol. The smallest absolute Gasteiger partial charge is 0.280 e. The van der Waals surface area contributed by atoms with Gasteiger partial charge in [0, 0.05) is 6.54 Å². The molecule has 0 atom stereocenters. The van der Waals surface area contributed by atoms with E-state index in [9.17, 15) is 4.79 Å². The summed E-state index contributed by atoms with van der Waals surface area (Å²) < 4.78 is 0. The van der Waals surface area contributed by atoms with Gasteiger partial charge >= 0.3 is 0 Å². The lowest BCUT2D eigenvalue weighted by molar-refractivity contribution is 0.0972. The van der Waals surface area contributed by atoms with Crippen LogP contribution in [0, 0.1) is 0 Å². The average Bonchev–Trinajstić information content (AvgIpc) is 2.43. The Balaban J connectivity index is 2.09. The molecule has 0 saturated heterocycles. The standard InChI is InChI=1S/C10H14ClN9O/c1-2-14-9-15-3-16-10(20-9)19-8(21)4-6(12)18-7(13)5(11)17-4/h2-3H2,1H3,(H4,12,13,18)(H3,14,15,16,19,20,21). The van der Waals surface area contributed by atoms with Crippen molar-refractivity contribution in [2.24, 2.45) is 9.98 Å². The first-order valence-electron chi connectivity index (χ1n) is 6.01. The van der Waals surface area contributed by atoms with Crippen molar-refractivity contribution < 1.29 is 4.79 Å². The Morgan fingerprint density at radius 3 is 2.71 bits per heavy atom. The van der Waals surface area contributed by atoms with Gasteiger partial charge in [-0.1, -0.05) is 11.6 Å². The number of carbonyl (C=O) groups is 1. The number of nitrogens with one attached hydrogen (secondary N) is 3. The van der Waals surface area contributed by atoms with Crippen LogP contribution in [0.3, 0.4) is 0 Å². The van der Waals surface area contributed by atoms with Gasteiger partial charge in [-0.3, -0.25) is 15.4 Å². The maximum absolute atomic E-state index is 12.1. The fraction of sp³-hybridized carbons (Fsp3) is 0.300. The molecule has 21 heavy (non-hydrogen) atoms. The molecule has 1 amide bonds. The van der Waals surface area contributed by atoms with Crippen molar-refractivity contribution in [3.8, 4) is 0 Å². The Morgan fingerprint density at radius 2 is 2.00 bits per heavy atom. The van der Waals surface area contributed by atoms with E-state index < -0.39 is 5.91 Å². The number of hydrogen-bond donors (Lipinski definition) is 5. The maximum Gasteiger partial charge on any atom is 0.280 e. The van der Waals surface area contributed by atoms with Crippen LogP contribution >= 0.6 is 11.6 Å². The molecule has 1 aliphatic rings. The molecular weight excluding hydrogens is 298 g/mol. The van der Waals surface area contributed by atoms with Crippen LogP contribution in [0.25, 0.3) is 0 Å². The third-order valence-corrected chi connectivity index (χ3v) is 2.67. The molecule has 1 aromatic rings. The second-order valence-corrected chi connectivity index (χ2v) is 4.26. The van der Waals surface area contributed by atoms with Crippen LogP contribution in [-0.2, 0) is 0 Å². The van der Waals surface area contributed by atoms with E-state index in [2.05, 4.69) is 35.9 Å². The third kappa shape index (κ3) is 3.48. The first kappa shape index (κ1) is 14.8. The van der Waals surface area contributed by atoms with Crippen molar-refractivity contribution in [1.82, 2.24) is 25.9 Å². The van der Waals surface area contributed by atoms with Gasteiger partial charge in [-0.15, -0.1) is 0 Å². The van der Waals surface area contributed by atoms with Crippen LogP contribution in [0.5, 0.6) is 0 Å². The van der Waals surface area contributed by atoms with Crippen molar-refractivity contribution in [3.63, 3.8) is 0 Å². The number of aliphatic imine (C=N–C) groups is 2. The highest BCUT2D eigenvalue weighted by Gasteiger charge is 2.18. The zero-order valence-electron chi connectivity index (χ0n) is 11.1. The van der Waals surface area contributed by atoms with Gasteiger partial charge in [0.25, 0.3) is 5.91 Å². The quantitative estimate of drug-likeness (QED) is 0.464. The number of guanidine groups is 2. The Kier molecular flexibility index (Phi) is 4.38. The summed E-state index contributed by atoms with van der Waals surface area (Å²) in [5, 5.41) is 8.20. The molecule has 0 aliphatic carbocycles. The SMILES string of the molecule is CCNC1=NCN=C(NC(=O)c2nc(Cl)c(N)nc2N)N1. The van der Waals surface area contributed by atoms with Crippen LogP contribution < -0.4 is 27.4 Å². The lowest BCUT2D eigenvalue weighted by Crippen LogP contribution is -2.50. The van der Waals surface area contributed by atoms with E-state index in [4.69, 9.17) is 23.1 Å². The van der Waals surface area contributed by atoms with Crippen LogP contribution in [0.1, 0.15) is 17.4 Å². The van der Waals surface area contributed by atoms with E-state index in [1.807, 2.05) is 6.92 Å². The second kappa shape index (κ2) is 6.22. The van der Waals surface area contributed by atoms with E-state index in [1.165, 1.54) is 0 Å². The highest BCUT2D eigenvalue weighted by molar-refractivity contribution is 6.31. The fourth-order valence-electron chi connectivity index (χ4n) is 1.48. The molecule has 1 aromatic heterocycles. The van der Waals surface area contributed by atoms with Gasteiger partial charge in [0.15, 0.2) is 28.4 Å². The minimum atomic E-state index is -0.606. The molecule has 0 spiro atoms. The summed E-state index contributed by atoms with van der Waals surface area (Å²) in [6, 6.07) is 0. The van der Waals surface area contributed by atoms with Crippen molar-refractivity contribution in [2.75, 3.05) is 24.7 Å². The number of anilines is 2. The molecule has 0 saturated carbocycles. The maximum atomic E-state index is 12.1. The molecule has 7 N–H and O–H groups in total. The molecule has 0 bridgehead atoms. The summed E-state index contributed by atoms with van der Waals surface area (Å²) in [7, 11) is 0. The first-order chi connectivity index (χ1) is 10.0. The van der Waals surface area contributed by atoms with E-state index in [1.54, 1.807) is 0 Å². The van der Waals surface area contributed by atoms with Crippen LogP contribution in [0.15, 0.2) is 9.98 Å². The number of nitrogen functional groups attached to an aromatic ring is 2. The number of nitrogens with zero attached hydrogens (tertiary/aromatic N) is 4. The van der Waals surface area contributed by atoms with E-state index >= 15 is 0 Å². The van der Waals surface area contributed by atoms with Crippen molar-refractivity contribution in [3.05, 3.63) is 10.8 Å². The normalized spacial score (nSPS) is 13.8. The molecule has 11 heteroatoms. The second-order valence-electron chi connectivity index (χ2n) is 3.90. The monoisotopic (exact) mass is 311 g/mol. The largest absolute Gasteiger partial charge is 0.382 e. The van der Waals surface area contributed by atoms with Gasteiger partial charge in [-0.25, -0.2) is 20.0 Å². The number of hydrogen-bond acceptors (Lipinski definition) is 9. The number of amides is 1. The zero-order chi connectivity index (χ0) is 15.4. The van der Waals surface area contributed by atoms with E-state index in [0.717, 1.165) is 0 Å². The van der Waals surface area contributed by atoms with Crippen LogP contribution in [0.4, 0.5) is 11.6 Å². The van der Waals surface area contributed by atoms with Gasteiger partial charge in [-0.05, 0) is 6.92 Å². The summed E-state index contributed by atoms with van der Waals surface area (Å²) in [5.41, 5.74) is 10.9. The average molecular weight is 312 g/mol. The molecule has 0 radical (unpaired) electrons. The molecule has 2 heterocycles. The number of aromatic nitrogens is 2. The molecule has 1 aliphatic heterocycles. The summed E-state index contributed by atoms with van der Waals surface area (Å²) in [6.45, 7) is 2.79. The molecule has 10 nitrogen and oxygen atoms in total. The summed E-state index contributed by atoms with van der Waals surface area (Å²) in [5.74, 6) is -0.0324. The summed E-state index contributed by atoms with van der Waals surface area (Å²) in [4.78, 5) is 27.7. The summed E-state index contributed by atoms with van der Waals surface area (Å²) in [6.07, 6.45) is 0. The molecule has 2 rings (SSSR count). The Bertz CT molecular complexity index is 627. The lowest BCUT2D eigenvalue weighted by atomic mass is 10.4. The Hall–Kier alpha value is -2.62. The van der Waals surface area contributed by atoms with Crippen molar-refractivity contribution in [2.45, 2.75) is 6.92 Å².